The van der Waals surface area contributed by atoms with E-state index in [4.69, 9.17) is 23.2 Å². The van der Waals surface area contributed by atoms with E-state index in [1.54, 1.807) is 24.3 Å². The van der Waals surface area contributed by atoms with Gasteiger partial charge in [-0.05, 0) is 24.6 Å². The molecule has 124 valence electrons. The van der Waals surface area contributed by atoms with Crippen molar-refractivity contribution >= 4 is 29.1 Å². The second-order valence-corrected chi connectivity index (χ2v) is 5.62. The fourth-order valence-corrected chi connectivity index (χ4v) is 2.22. The molecule has 1 aromatic carbocycles. The predicted molar refractivity (Wildman–Crippen MR) is 80.3 cm³/mol. The number of rotatable bonds is 4. The van der Waals surface area contributed by atoms with Crippen LogP contribution in [0, 0.1) is 6.92 Å². The van der Waals surface area contributed by atoms with Gasteiger partial charge in [-0.2, -0.15) is 18.3 Å². The lowest BCUT2D eigenvalue weighted by atomic mass is 10.2. The highest BCUT2D eigenvalue weighted by atomic mass is 35.5. The van der Waals surface area contributed by atoms with E-state index in [1.165, 1.54) is 6.92 Å². The van der Waals surface area contributed by atoms with Crippen molar-refractivity contribution in [3.63, 3.8) is 0 Å². The SMILES string of the molecule is Cc1c(Cl)c(C(F)(F)F)nn1CC(=O)NCc1ccc(Cl)cc1. The van der Waals surface area contributed by atoms with E-state index in [1.807, 2.05) is 0 Å². The lowest BCUT2D eigenvalue weighted by molar-refractivity contribution is -0.141. The van der Waals surface area contributed by atoms with Crippen LogP contribution in [-0.2, 0) is 24.1 Å². The Bertz CT molecular complexity index is 711. The molecule has 9 heteroatoms. The van der Waals surface area contributed by atoms with Crippen LogP contribution in [0.25, 0.3) is 0 Å². The summed E-state index contributed by atoms with van der Waals surface area (Å²) in [6.07, 6.45) is -4.66. The monoisotopic (exact) mass is 365 g/mol. The molecule has 0 aliphatic carbocycles. The summed E-state index contributed by atoms with van der Waals surface area (Å²) >= 11 is 11.4. The lowest BCUT2D eigenvalue weighted by Gasteiger charge is -2.07. The van der Waals surface area contributed by atoms with Crippen molar-refractivity contribution < 1.29 is 18.0 Å². The molecule has 4 nitrogen and oxygen atoms in total. The number of carbonyl (C=O) groups is 1. The molecule has 1 aromatic heterocycles. The van der Waals surface area contributed by atoms with Crippen molar-refractivity contribution in [2.45, 2.75) is 26.2 Å². The highest BCUT2D eigenvalue weighted by molar-refractivity contribution is 6.32. The Morgan fingerprint density at radius 2 is 1.87 bits per heavy atom. The summed E-state index contributed by atoms with van der Waals surface area (Å²) in [5, 5.41) is 6.04. The first-order valence-corrected chi connectivity index (χ1v) is 7.25. The maximum absolute atomic E-state index is 12.7. The zero-order valence-electron chi connectivity index (χ0n) is 11.9. The number of aromatic nitrogens is 2. The van der Waals surface area contributed by atoms with Gasteiger partial charge in [-0.25, -0.2) is 0 Å². The van der Waals surface area contributed by atoms with Gasteiger partial charge in [0.15, 0.2) is 5.69 Å². The smallest absolute Gasteiger partial charge is 0.350 e. The van der Waals surface area contributed by atoms with Crippen LogP contribution in [0.4, 0.5) is 13.2 Å². The van der Waals surface area contributed by atoms with Crippen LogP contribution in [0.15, 0.2) is 24.3 Å². The molecule has 0 bridgehead atoms. The van der Waals surface area contributed by atoms with Gasteiger partial charge in [0.1, 0.15) is 6.54 Å². The zero-order chi connectivity index (χ0) is 17.2. The maximum atomic E-state index is 12.7. The Morgan fingerprint density at radius 1 is 1.26 bits per heavy atom. The minimum atomic E-state index is -4.66. The van der Waals surface area contributed by atoms with Crippen LogP contribution in [0.1, 0.15) is 17.0 Å². The number of amides is 1. The molecule has 0 unspecified atom stereocenters. The van der Waals surface area contributed by atoms with Crippen molar-refractivity contribution in [3.8, 4) is 0 Å². The van der Waals surface area contributed by atoms with Crippen LogP contribution in [0.5, 0.6) is 0 Å². The average molecular weight is 366 g/mol. The first-order valence-electron chi connectivity index (χ1n) is 6.49. The topological polar surface area (TPSA) is 46.9 Å². The predicted octanol–water partition coefficient (Wildman–Crippen LogP) is 3.83. The molecule has 1 amide bonds. The highest BCUT2D eigenvalue weighted by Crippen LogP contribution is 2.35. The molecular weight excluding hydrogens is 354 g/mol. The number of nitrogens with zero attached hydrogens (tertiary/aromatic N) is 2. The quantitative estimate of drug-likeness (QED) is 0.894. The summed E-state index contributed by atoms with van der Waals surface area (Å²) in [6.45, 7) is 1.25. The van der Waals surface area contributed by atoms with E-state index < -0.39 is 22.8 Å². The van der Waals surface area contributed by atoms with Crippen LogP contribution < -0.4 is 5.32 Å². The van der Waals surface area contributed by atoms with Gasteiger partial charge in [0.05, 0.1) is 10.7 Å². The number of hydrogen-bond donors (Lipinski definition) is 1. The summed E-state index contributed by atoms with van der Waals surface area (Å²) in [5.41, 5.74) is -0.295. The molecule has 0 aliphatic heterocycles. The molecule has 23 heavy (non-hydrogen) atoms. The normalized spacial score (nSPS) is 11.6. The van der Waals surface area contributed by atoms with E-state index in [9.17, 15) is 18.0 Å². The third-order valence-electron chi connectivity index (χ3n) is 3.10. The molecule has 0 spiro atoms. The number of hydrogen-bond acceptors (Lipinski definition) is 2. The van der Waals surface area contributed by atoms with Crippen molar-refractivity contribution in [2.24, 2.45) is 0 Å². The number of nitrogens with one attached hydrogen (secondary N) is 1. The largest absolute Gasteiger partial charge is 0.436 e. The van der Waals surface area contributed by atoms with Crippen molar-refractivity contribution in [2.75, 3.05) is 0 Å². The van der Waals surface area contributed by atoms with Crippen molar-refractivity contribution in [1.82, 2.24) is 15.1 Å². The maximum Gasteiger partial charge on any atom is 0.436 e. The summed E-state index contributed by atoms with van der Waals surface area (Å²) in [5.74, 6) is -0.476. The van der Waals surface area contributed by atoms with Gasteiger partial charge in [-0.15, -0.1) is 0 Å². The molecular formula is C14H12Cl2F3N3O. The van der Waals surface area contributed by atoms with E-state index in [0.29, 0.717) is 5.02 Å². The van der Waals surface area contributed by atoms with Gasteiger partial charge in [0, 0.05) is 11.6 Å². The second-order valence-electron chi connectivity index (χ2n) is 4.81. The second kappa shape index (κ2) is 6.80. The summed E-state index contributed by atoms with van der Waals surface area (Å²) in [6, 6.07) is 6.83. The van der Waals surface area contributed by atoms with Gasteiger partial charge in [0.2, 0.25) is 5.91 Å². The molecule has 2 aromatic rings. The first kappa shape index (κ1) is 17.6. The number of benzene rings is 1. The first-order chi connectivity index (χ1) is 10.7. The molecule has 0 fully saturated rings. The van der Waals surface area contributed by atoms with E-state index in [0.717, 1.165) is 10.2 Å². The van der Waals surface area contributed by atoms with Gasteiger partial charge in [0.25, 0.3) is 0 Å². The number of halogens is 5. The standard InChI is InChI=1S/C14H12Cl2F3N3O/c1-8-12(16)13(14(17,18)19)21-22(8)7-11(23)20-6-9-2-4-10(15)5-3-9/h2-5H,6-7H2,1H3,(H,20,23). The van der Waals surface area contributed by atoms with Crippen LogP contribution in [0.2, 0.25) is 10.0 Å². The summed E-state index contributed by atoms with van der Waals surface area (Å²) in [7, 11) is 0. The van der Waals surface area contributed by atoms with Crippen molar-refractivity contribution in [3.05, 3.63) is 51.3 Å². The molecule has 0 saturated heterocycles. The molecule has 0 aliphatic rings. The third kappa shape index (κ3) is 4.39. The van der Waals surface area contributed by atoms with Crippen LogP contribution in [0.3, 0.4) is 0 Å². The Hall–Kier alpha value is -1.73. The summed E-state index contributed by atoms with van der Waals surface area (Å²) in [4.78, 5) is 11.9. The van der Waals surface area contributed by atoms with Crippen LogP contribution >= 0.6 is 23.2 Å². The third-order valence-corrected chi connectivity index (χ3v) is 3.80. The highest BCUT2D eigenvalue weighted by Gasteiger charge is 2.38. The lowest BCUT2D eigenvalue weighted by Crippen LogP contribution is -2.28. The fourth-order valence-electron chi connectivity index (χ4n) is 1.85. The van der Waals surface area contributed by atoms with Gasteiger partial charge >= 0.3 is 6.18 Å². The Kier molecular flexibility index (Phi) is 5.21. The average Bonchev–Trinajstić information content (AvgIpc) is 2.75. The Labute approximate surface area is 140 Å². The Balaban J connectivity index is 2.02. The minimum absolute atomic E-state index is 0.0839. The van der Waals surface area contributed by atoms with Gasteiger partial charge in [-0.1, -0.05) is 35.3 Å². The van der Waals surface area contributed by atoms with Crippen molar-refractivity contribution in [1.29, 1.82) is 0 Å². The van der Waals surface area contributed by atoms with E-state index in [2.05, 4.69) is 10.4 Å². The molecule has 0 radical (unpaired) electrons. The van der Waals surface area contributed by atoms with Gasteiger partial charge in [-0.3, -0.25) is 9.48 Å². The molecule has 1 N–H and O–H groups in total. The molecule has 0 atom stereocenters. The van der Waals surface area contributed by atoms with Gasteiger partial charge < -0.3 is 5.32 Å². The minimum Gasteiger partial charge on any atom is -0.350 e. The molecule has 0 saturated carbocycles. The summed E-state index contributed by atoms with van der Waals surface area (Å²) < 4.78 is 39.1. The zero-order valence-corrected chi connectivity index (χ0v) is 13.4. The van der Waals surface area contributed by atoms with E-state index >= 15 is 0 Å². The van der Waals surface area contributed by atoms with E-state index in [-0.39, 0.29) is 18.8 Å². The Morgan fingerprint density at radius 3 is 2.39 bits per heavy atom. The molecule has 2 rings (SSSR count). The number of carbonyl (C=O) groups excluding carboxylic acids is 1. The van der Waals surface area contributed by atoms with Crippen LogP contribution in [-0.4, -0.2) is 15.7 Å². The fraction of sp³-hybridized carbons (Fsp3) is 0.286. The number of alkyl halides is 3. The molecule has 1 heterocycles.